The third-order valence-corrected chi connectivity index (χ3v) is 13.6. The third kappa shape index (κ3) is 6.31. The van der Waals surface area contributed by atoms with Crippen molar-refractivity contribution in [3.63, 3.8) is 0 Å². The first-order valence-electron chi connectivity index (χ1n) is 8.59. The van der Waals surface area contributed by atoms with E-state index < -0.39 is 19.2 Å². The van der Waals surface area contributed by atoms with Gasteiger partial charge in [-0.1, -0.05) is 0 Å². The fourth-order valence-corrected chi connectivity index (χ4v) is 8.35. The molecule has 0 amide bonds. The van der Waals surface area contributed by atoms with Gasteiger partial charge < -0.3 is 0 Å². The Morgan fingerprint density at radius 3 is 2.23 bits per heavy atom. The van der Waals surface area contributed by atoms with Gasteiger partial charge in [0.25, 0.3) is 0 Å². The van der Waals surface area contributed by atoms with E-state index in [-0.39, 0.29) is 11.9 Å². The average Bonchev–Trinajstić information content (AvgIpc) is 2.59. The first kappa shape index (κ1) is 19.5. The molecule has 1 aliphatic rings. The minimum atomic E-state index is -3.48. The van der Waals surface area contributed by atoms with E-state index in [1.807, 2.05) is 13.8 Å². The summed E-state index contributed by atoms with van der Waals surface area (Å²) >= 11 is -3.48. The summed E-state index contributed by atoms with van der Waals surface area (Å²) < 4.78 is 12.5. The number of carbonyl (C=O) groups excluding carboxylic acids is 2. The van der Waals surface area contributed by atoms with E-state index in [1.165, 1.54) is 25.3 Å². The van der Waals surface area contributed by atoms with Crippen LogP contribution in [-0.4, -0.2) is 31.1 Å². The summed E-state index contributed by atoms with van der Waals surface area (Å²) in [5.41, 5.74) is 0.495. The molecule has 0 N–H and O–H groups in total. The first-order chi connectivity index (χ1) is 10.4. The van der Waals surface area contributed by atoms with Crippen LogP contribution in [0.4, 0.5) is 0 Å². The Balaban J connectivity index is 2.47. The Morgan fingerprint density at radius 2 is 1.64 bits per heavy atom. The quantitative estimate of drug-likeness (QED) is 0.410. The molecular formula is C17H30O4Sn. The number of carbonyl (C=O) groups is 2. The predicted octanol–water partition coefficient (Wildman–Crippen LogP) is 4.49. The molecule has 4 nitrogen and oxygen atoms in total. The molecule has 0 bridgehead atoms. The second-order valence-electron chi connectivity index (χ2n) is 6.44. The van der Waals surface area contributed by atoms with Crippen molar-refractivity contribution >= 4 is 31.1 Å². The number of rotatable bonds is 9. The van der Waals surface area contributed by atoms with Crippen LogP contribution in [0.15, 0.2) is 11.6 Å². The van der Waals surface area contributed by atoms with Gasteiger partial charge in [-0.2, -0.15) is 0 Å². The SMILES string of the molecule is C[CH2][Sn]1([CH2]C)[O]C(=O)C=C(CCCCCCC(C)C)C(=O)[O]1. The van der Waals surface area contributed by atoms with E-state index in [9.17, 15) is 9.59 Å². The van der Waals surface area contributed by atoms with Gasteiger partial charge in [0.1, 0.15) is 0 Å². The van der Waals surface area contributed by atoms with Crippen molar-refractivity contribution in [2.45, 2.75) is 75.1 Å². The molecule has 0 aromatic heterocycles. The summed E-state index contributed by atoms with van der Waals surface area (Å²) in [6.07, 6.45) is 7.65. The molecule has 1 rings (SSSR count). The van der Waals surface area contributed by atoms with Crippen molar-refractivity contribution < 1.29 is 15.7 Å². The summed E-state index contributed by atoms with van der Waals surface area (Å²) in [5.74, 6) is 0.0608. The Labute approximate surface area is 139 Å². The van der Waals surface area contributed by atoms with Crippen molar-refractivity contribution in [1.29, 1.82) is 0 Å². The molecule has 0 unspecified atom stereocenters. The second kappa shape index (κ2) is 9.58. The fraction of sp³-hybridized carbons (Fsp3) is 0.765. The van der Waals surface area contributed by atoms with Gasteiger partial charge in [-0.05, 0) is 0 Å². The standard InChI is InChI=1S/C13H22O4.2C2H5.Sn/c1-10(2)7-5-3-4-6-8-11(13(16)17)9-12(14)15;2*1-2;/h9-10H,3-8H2,1-2H3,(H,14,15)(H,16,17);2*1H2,2H3;/q;;;+2/p-2. The molecular weight excluding hydrogens is 387 g/mol. The topological polar surface area (TPSA) is 52.6 Å². The van der Waals surface area contributed by atoms with Gasteiger partial charge in [0.2, 0.25) is 0 Å². The molecule has 1 heterocycles. The molecule has 0 aliphatic carbocycles. The van der Waals surface area contributed by atoms with E-state index >= 15 is 0 Å². The first-order valence-corrected chi connectivity index (χ1v) is 15.0. The van der Waals surface area contributed by atoms with Crippen LogP contribution in [0.25, 0.3) is 0 Å². The molecule has 0 atom stereocenters. The summed E-state index contributed by atoms with van der Waals surface area (Å²) in [6, 6.07) is 0. The Kier molecular flexibility index (Phi) is 8.50. The molecule has 1 aliphatic heterocycles. The van der Waals surface area contributed by atoms with Gasteiger partial charge in [-0.25, -0.2) is 0 Å². The van der Waals surface area contributed by atoms with E-state index in [1.54, 1.807) is 0 Å². The van der Waals surface area contributed by atoms with Crippen LogP contribution in [0.2, 0.25) is 8.87 Å². The van der Waals surface area contributed by atoms with Gasteiger partial charge in [0.15, 0.2) is 0 Å². The summed E-state index contributed by atoms with van der Waals surface area (Å²) in [5, 5.41) is 0. The molecule has 5 heteroatoms. The van der Waals surface area contributed by atoms with Gasteiger partial charge in [0.05, 0.1) is 0 Å². The van der Waals surface area contributed by atoms with E-state index in [0.717, 1.165) is 18.8 Å². The van der Waals surface area contributed by atoms with Crippen LogP contribution in [-0.2, 0) is 15.7 Å². The van der Waals surface area contributed by atoms with Crippen molar-refractivity contribution in [2.24, 2.45) is 5.92 Å². The summed E-state index contributed by atoms with van der Waals surface area (Å²) in [6.45, 7) is 8.36. The monoisotopic (exact) mass is 418 g/mol. The van der Waals surface area contributed by atoms with E-state index in [4.69, 9.17) is 6.15 Å². The van der Waals surface area contributed by atoms with Crippen LogP contribution in [0.5, 0.6) is 0 Å². The summed E-state index contributed by atoms with van der Waals surface area (Å²) in [7, 11) is 0. The molecule has 0 fully saturated rings. The zero-order valence-corrected chi connectivity index (χ0v) is 17.3. The van der Waals surface area contributed by atoms with Crippen LogP contribution < -0.4 is 0 Å². The van der Waals surface area contributed by atoms with E-state index in [0.29, 0.717) is 20.9 Å². The van der Waals surface area contributed by atoms with Crippen molar-refractivity contribution in [3.8, 4) is 0 Å². The molecule has 22 heavy (non-hydrogen) atoms. The maximum absolute atomic E-state index is 12.2. The zero-order valence-electron chi connectivity index (χ0n) is 14.4. The van der Waals surface area contributed by atoms with Gasteiger partial charge in [0, 0.05) is 0 Å². The Hall–Kier alpha value is -0.521. The van der Waals surface area contributed by atoms with E-state index in [2.05, 4.69) is 13.8 Å². The normalized spacial score (nSPS) is 17.8. The molecule has 0 saturated carbocycles. The molecule has 0 aromatic carbocycles. The number of hydrogen-bond donors (Lipinski definition) is 0. The fourth-order valence-electron chi connectivity index (χ4n) is 2.60. The van der Waals surface area contributed by atoms with Crippen molar-refractivity contribution in [2.75, 3.05) is 0 Å². The van der Waals surface area contributed by atoms with Crippen LogP contribution in [0.3, 0.4) is 0 Å². The number of unbranched alkanes of at least 4 members (excludes halogenated alkanes) is 3. The molecule has 0 aromatic rings. The van der Waals surface area contributed by atoms with Crippen LogP contribution in [0, 0.1) is 5.92 Å². The van der Waals surface area contributed by atoms with Gasteiger partial charge in [-0.15, -0.1) is 0 Å². The van der Waals surface area contributed by atoms with Gasteiger partial charge in [-0.3, -0.25) is 0 Å². The minimum absolute atomic E-state index is 0.312. The van der Waals surface area contributed by atoms with Gasteiger partial charge >= 0.3 is 140 Å². The summed E-state index contributed by atoms with van der Waals surface area (Å²) in [4.78, 5) is 24.1. The van der Waals surface area contributed by atoms with Crippen molar-refractivity contribution in [1.82, 2.24) is 0 Å². The molecule has 126 valence electrons. The maximum atomic E-state index is 12.2. The van der Waals surface area contributed by atoms with Crippen molar-refractivity contribution in [3.05, 3.63) is 11.6 Å². The van der Waals surface area contributed by atoms with Crippen LogP contribution >= 0.6 is 0 Å². The van der Waals surface area contributed by atoms with Crippen LogP contribution in [0.1, 0.15) is 66.2 Å². The average molecular weight is 417 g/mol. The zero-order chi connectivity index (χ0) is 16.6. The molecule has 0 saturated heterocycles. The molecule has 0 spiro atoms. The predicted molar refractivity (Wildman–Crippen MR) is 89.5 cm³/mol. The Morgan fingerprint density at radius 1 is 1.00 bits per heavy atom. The third-order valence-electron chi connectivity index (χ3n) is 4.17. The Bertz CT molecular complexity index is 411. The number of hydrogen-bond acceptors (Lipinski definition) is 4. The second-order valence-corrected chi connectivity index (χ2v) is 16.8. The molecule has 0 radical (unpaired) electrons.